The van der Waals surface area contributed by atoms with E-state index in [2.05, 4.69) is 4.74 Å². The van der Waals surface area contributed by atoms with Gasteiger partial charge in [0.15, 0.2) is 0 Å². The zero-order valence-corrected chi connectivity index (χ0v) is 7.03. The van der Waals surface area contributed by atoms with E-state index in [1.165, 1.54) is 7.11 Å². The highest BCUT2D eigenvalue weighted by Crippen LogP contribution is 2.07. The molecule has 1 rings (SSSR count). The van der Waals surface area contributed by atoms with E-state index < -0.39 is 0 Å². The summed E-state index contributed by atoms with van der Waals surface area (Å²) in [5, 5.41) is 0. The lowest BCUT2D eigenvalue weighted by Crippen LogP contribution is -2.00. The molecule has 0 amide bonds. The minimum Gasteiger partial charge on any atom is -0.466 e. The van der Waals surface area contributed by atoms with Gasteiger partial charge in [-0.3, -0.25) is 0 Å². The summed E-state index contributed by atoms with van der Waals surface area (Å²) >= 11 is 0. The number of esters is 1. The molecule has 0 unspecified atom stereocenters. The average Bonchev–Trinajstić information content (AvgIpc) is 2.55. The monoisotopic (exact) mass is 166 g/mol. The summed E-state index contributed by atoms with van der Waals surface area (Å²) in [5.74, 6) is 0.310. The van der Waals surface area contributed by atoms with Gasteiger partial charge in [0.25, 0.3) is 0 Å². The van der Waals surface area contributed by atoms with Gasteiger partial charge in [0.2, 0.25) is 0 Å². The lowest BCUT2D eigenvalue weighted by atomic mass is 10.2. The first-order valence-electron chi connectivity index (χ1n) is 3.54. The number of methoxy groups -OCH3 is 1. The maximum atomic E-state index is 10.9. The van der Waals surface area contributed by atoms with Crippen molar-refractivity contribution in [2.24, 2.45) is 0 Å². The largest absolute Gasteiger partial charge is 0.466 e. The summed E-state index contributed by atoms with van der Waals surface area (Å²) in [7, 11) is 1.35. The van der Waals surface area contributed by atoms with Crippen molar-refractivity contribution in [1.82, 2.24) is 0 Å². The van der Waals surface area contributed by atoms with Gasteiger partial charge in [-0.1, -0.05) is 0 Å². The highest BCUT2D eigenvalue weighted by molar-refractivity contribution is 5.92. The van der Waals surface area contributed by atoms with Gasteiger partial charge in [0.1, 0.15) is 5.76 Å². The van der Waals surface area contributed by atoms with E-state index in [0.717, 1.165) is 0 Å². The van der Waals surface area contributed by atoms with E-state index in [1.54, 1.807) is 31.4 Å². The van der Waals surface area contributed by atoms with E-state index >= 15 is 0 Å². The predicted molar refractivity (Wildman–Crippen MR) is 44.4 cm³/mol. The molecule has 1 aromatic rings. The van der Waals surface area contributed by atoms with Gasteiger partial charge in [-0.25, -0.2) is 4.79 Å². The van der Waals surface area contributed by atoms with Gasteiger partial charge in [0, 0.05) is 5.57 Å². The molecule has 0 aliphatic rings. The van der Waals surface area contributed by atoms with Crippen LogP contribution in [0.4, 0.5) is 0 Å². The fourth-order valence-corrected chi connectivity index (χ4v) is 0.807. The van der Waals surface area contributed by atoms with E-state index in [0.29, 0.717) is 11.3 Å². The highest BCUT2D eigenvalue weighted by atomic mass is 16.5. The van der Waals surface area contributed by atoms with Crippen molar-refractivity contribution in [2.75, 3.05) is 7.11 Å². The van der Waals surface area contributed by atoms with Gasteiger partial charge in [-0.2, -0.15) is 0 Å². The van der Waals surface area contributed by atoms with Gasteiger partial charge < -0.3 is 9.15 Å². The Bertz CT molecular complexity index is 283. The van der Waals surface area contributed by atoms with Crippen LogP contribution in [0.1, 0.15) is 12.7 Å². The molecule has 3 nitrogen and oxygen atoms in total. The first kappa shape index (κ1) is 8.59. The Morgan fingerprint density at radius 1 is 1.67 bits per heavy atom. The number of carbonyl (C=O) groups excluding carboxylic acids is 1. The summed E-state index contributed by atoms with van der Waals surface area (Å²) in [4.78, 5) is 10.9. The lowest BCUT2D eigenvalue weighted by molar-refractivity contribution is -0.135. The van der Waals surface area contributed by atoms with Gasteiger partial charge in [-0.05, 0) is 25.1 Å². The molecule has 0 bridgehead atoms. The number of furan rings is 1. The molecule has 1 heterocycles. The average molecular weight is 166 g/mol. The Kier molecular flexibility index (Phi) is 2.69. The Labute approximate surface area is 70.6 Å². The number of hydrogen-bond acceptors (Lipinski definition) is 3. The second kappa shape index (κ2) is 3.76. The lowest BCUT2D eigenvalue weighted by Gasteiger charge is -1.95. The summed E-state index contributed by atoms with van der Waals surface area (Å²) < 4.78 is 9.53. The summed E-state index contributed by atoms with van der Waals surface area (Å²) in [5.41, 5.74) is 0.521. The molecule has 0 N–H and O–H groups in total. The van der Waals surface area contributed by atoms with Crippen LogP contribution in [0.5, 0.6) is 0 Å². The van der Waals surface area contributed by atoms with Crippen LogP contribution in [-0.2, 0) is 9.53 Å². The van der Waals surface area contributed by atoms with Crippen LogP contribution in [0.2, 0.25) is 0 Å². The first-order chi connectivity index (χ1) is 5.74. The topological polar surface area (TPSA) is 39.4 Å². The zero-order chi connectivity index (χ0) is 8.97. The highest BCUT2D eigenvalue weighted by Gasteiger charge is 2.03. The maximum Gasteiger partial charge on any atom is 0.333 e. The van der Waals surface area contributed by atoms with Gasteiger partial charge in [0.05, 0.1) is 13.4 Å². The van der Waals surface area contributed by atoms with Crippen LogP contribution in [0.3, 0.4) is 0 Å². The number of ether oxygens (including phenoxy) is 1. The summed E-state index contributed by atoms with van der Waals surface area (Å²) in [6.07, 6.45) is 3.18. The van der Waals surface area contributed by atoms with Crippen molar-refractivity contribution in [2.45, 2.75) is 6.92 Å². The minimum atomic E-state index is -0.341. The molecular formula is C9H10O3. The quantitative estimate of drug-likeness (QED) is 0.497. The number of carbonyl (C=O) groups is 1. The van der Waals surface area contributed by atoms with Crippen molar-refractivity contribution in [3.05, 3.63) is 29.7 Å². The standard InChI is InChI=1S/C9H10O3/c1-7(9(10)11-2)6-8-4-3-5-12-8/h3-6H,1-2H3. The van der Waals surface area contributed by atoms with E-state index in [1.807, 2.05) is 0 Å². The van der Waals surface area contributed by atoms with Crippen LogP contribution < -0.4 is 0 Å². The number of rotatable bonds is 2. The molecule has 0 radical (unpaired) electrons. The Morgan fingerprint density at radius 2 is 2.42 bits per heavy atom. The van der Waals surface area contributed by atoms with E-state index in [9.17, 15) is 4.79 Å². The SMILES string of the molecule is COC(=O)C(C)=Cc1ccco1. The fraction of sp³-hybridized carbons (Fsp3) is 0.222. The Morgan fingerprint density at radius 3 is 2.92 bits per heavy atom. The predicted octanol–water partition coefficient (Wildman–Crippen LogP) is 1.86. The summed E-state index contributed by atoms with van der Waals surface area (Å²) in [6.45, 7) is 1.67. The van der Waals surface area contributed by atoms with Crippen LogP contribution in [0, 0.1) is 0 Å². The van der Waals surface area contributed by atoms with Crippen molar-refractivity contribution in [3.63, 3.8) is 0 Å². The van der Waals surface area contributed by atoms with E-state index in [-0.39, 0.29) is 5.97 Å². The minimum absolute atomic E-state index is 0.341. The van der Waals surface area contributed by atoms with Crippen LogP contribution in [0.25, 0.3) is 6.08 Å². The zero-order valence-electron chi connectivity index (χ0n) is 7.03. The van der Waals surface area contributed by atoms with Gasteiger partial charge >= 0.3 is 5.97 Å². The first-order valence-corrected chi connectivity index (χ1v) is 3.54. The smallest absolute Gasteiger partial charge is 0.333 e. The molecule has 0 fully saturated rings. The normalized spacial score (nSPS) is 11.3. The second-order valence-corrected chi connectivity index (χ2v) is 2.33. The third-order valence-electron chi connectivity index (χ3n) is 1.41. The van der Waals surface area contributed by atoms with Crippen molar-refractivity contribution in [3.8, 4) is 0 Å². The van der Waals surface area contributed by atoms with Crippen LogP contribution >= 0.6 is 0 Å². The molecule has 0 saturated carbocycles. The maximum absolute atomic E-state index is 10.9. The second-order valence-electron chi connectivity index (χ2n) is 2.33. The molecule has 0 atom stereocenters. The Balaban J connectivity index is 2.76. The van der Waals surface area contributed by atoms with Crippen molar-refractivity contribution < 1.29 is 13.9 Å². The third-order valence-corrected chi connectivity index (χ3v) is 1.41. The molecule has 0 aliphatic heterocycles. The molecule has 0 saturated heterocycles. The molecule has 0 spiro atoms. The van der Waals surface area contributed by atoms with Crippen molar-refractivity contribution in [1.29, 1.82) is 0 Å². The molecule has 3 heteroatoms. The molecule has 0 aliphatic carbocycles. The Hall–Kier alpha value is -1.51. The molecule has 1 aromatic heterocycles. The summed E-state index contributed by atoms with van der Waals surface area (Å²) in [6, 6.07) is 3.53. The molecule has 12 heavy (non-hydrogen) atoms. The molecule has 0 aromatic carbocycles. The number of hydrogen-bond donors (Lipinski definition) is 0. The molecular weight excluding hydrogens is 156 g/mol. The molecule has 64 valence electrons. The van der Waals surface area contributed by atoms with Gasteiger partial charge in [-0.15, -0.1) is 0 Å². The fourth-order valence-electron chi connectivity index (χ4n) is 0.807. The van der Waals surface area contributed by atoms with Crippen molar-refractivity contribution >= 4 is 12.0 Å². The van der Waals surface area contributed by atoms with Crippen LogP contribution in [0.15, 0.2) is 28.4 Å². The third kappa shape index (κ3) is 1.99. The van der Waals surface area contributed by atoms with Crippen LogP contribution in [-0.4, -0.2) is 13.1 Å². The van der Waals surface area contributed by atoms with E-state index in [4.69, 9.17) is 4.42 Å².